The van der Waals surface area contributed by atoms with Crippen molar-refractivity contribution in [2.75, 3.05) is 16.8 Å². The van der Waals surface area contributed by atoms with Crippen LogP contribution in [-0.2, 0) is 0 Å². The van der Waals surface area contributed by atoms with Gasteiger partial charge in [0.15, 0.2) is 11.6 Å². The van der Waals surface area contributed by atoms with Crippen molar-refractivity contribution >= 4 is 23.1 Å². The molecule has 0 bridgehead atoms. The SMILES string of the molecule is CCSC1CCC(Nc2cc(OC(F)F)c(F)cc2N)C1. The van der Waals surface area contributed by atoms with E-state index in [0.29, 0.717) is 10.9 Å². The number of rotatable bonds is 6. The van der Waals surface area contributed by atoms with E-state index in [0.717, 1.165) is 31.1 Å². The minimum absolute atomic E-state index is 0.195. The minimum atomic E-state index is -3.06. The molecule has 3 N–H and O–H groups in total. The fraction of sp³-hybridized carbons (Fsp3) is 0.571. The Bertz CT molecular complexity index is 488. The van der Waals surface area contributed by atoms with E-state index in [2.05, 4.69) is 17.0 Å². The van der Waals surface area contributed by atoms with Gasteiger partial charge in [-0.1, -0.05) is 6.92 Å². The van der Waals surface area contributed by atoms with Crippen molar-refractivity contribution in [1.29, 1.82) is 0 Å². The second-order valence-electron chi connectivity index (χ2n) is 4.98. The van der Waals surface area contributed by atoms with E-state index >= 15 is 0 Å². The highest BCUT2D eigenvalue weighted by atomic mass is 32.2. The molecule has 0 spiro atoms. The zero-order valence-electron chi connectivity index (χ0n) is 11.7. The van der Waals surface area contributed by atoms with Crippen LogP contribution in [0.4, 0.5) is 24.5 Å². The molecule has 0 aliphatic heterocycles. The molecule has 21 heavy (non-hydrogen) atoms. The Labute approximate surface area is 126 Å². The molecular weight excluding hydrogens is 301 g/mol. The molecule has 0 radical (unpaired) electrons. The monoisotopic (exact) mass is 320 g/mol. The number of nitrogen functional groups attached to an aromatic ring is 1. The van der Waals surface area contributed by atoms with Crippen LogP contribution in [0, 0.1) is 5.82 Å². The van der Waals surface area contributed by atoms with E-state index in [-0.39, 0.29) is 11.7 Å². The van der Waals surface area contributed by atoms with Gasteiger partial charge in [-0.05, 0) is 25.0 Å². The Morgan fingerprint density at radius 2 is 2.19 bits per heavy atom. The lowest BCUT2D eigenvalue weighted by molar-refractivity contribution is -0.0521. The zero-order chi connectivity index (χ0) is 15.4. The van der Waals surface area contributed by atoms with Gasteiger partial charge in [0, 0.05) is 23.4 Å². The van der Waals surface area contributed by atoms with Crippen LogP contribution in [0.5, 0.6) is 5.75 Å². The van der Waals surface area contributed by atoms with Gasteiger partial charge < -0.3 is 15.8 Å². The molecule has 0 amide bonds. The van der Waals surface area contributed by atoms with E-state index in [9.17, 15) is 13.2 Å². The highest BCUT2D eigenvalue weighted by Crippen LogP contribution is 2.35. The van der Waals surface area contributed by atoms with Crippen molar-refractivity contribution in [3.63, 3.8) is 0 Å². The number of nitrogens with one attached hydrogen (secondary N) is 1. The van der Waals surface area contributed by atoms with Gasteiger partial charge in [-0.2, -0.15) is 20.5 Å². The number of ether oxygens (including phenoxy) is 1. The number of nitrogens with two attached hydrogens (primary N) is 1. The van der Waals surface area contributed by atoms with Gasteiger partial charge in [0.1, 0.15) is 0 Å². The summed E-state index contributed by atoms with van der Waals surface area (Å²) in [5.41, 5.74) is 6.38. The maximum Gasteiger partial charge on any atom is 0.387 e. The standard InChI is InChI=1S/C14H19F3N2OS/c1-2-21-9-4-3-8(5-9)19-12-7-13(20-14(16)17)10(15)6-11(12)18/h6-9,14,19H,2-5,18H2,1H3. The molecule has 0 aromatic heterocycles. The fourth-order valence-electron chi connectivity index (χ4n) is 2.56. The maximum absolute atomic E-state index is 13.5. The van der Waals surface area contributed by atoms with Crippen molar-refractivity contribution in [2.24, 2.45) is 0 Å². The summed E-state index contributed by atoms with van der Waals surface area (Å²) in [5.74, 6) is -0.300. The number of thioether (sulfide) groups is 1. The second-order valence-corrected chi connectivity index (χ2v) is 6.56. The van der Waals surface area contributed by atoms with Gasteiger partial charge in [-0.25, -0.2) is 4.39 Å². The molecule has 1 aliphatic carbocycles. The Kier molecular flexibility index (Phi) is 5.50. The molecule has 1 fully saturated rings. The summed E-state index contributed by atoms with van der Waals surface area (Å²) in [7, 11) is 0. The van der Waals surface area contributed by atoms with Crippen molar-refractivity contribution in [2.45, 2.75) is 44.1 Å². The van der Waals surface area contributed by atoms with Crippen LogP contribution >= 0.6 is 11.8 Å². The summed E-state index contributed by atoms with van der Waals surface area (Å²) >= 11 is 1.92. The largest absolute Gasteiger partial charge is 0.432 e. The quantitative estimate of drug-likeness (QED) is 0.775. The second kappa shape index (κ2) is 7.15. The Hall–Kier alpha value is -1.24. The van der Waals surface area contributed by atoms with Crippen LogP contribution in [0.1, 0.15) is 26.2 Å². The zero-order valence-corrected chi connectivity index (χ0v) is 12.6. The van der Waals surface area contributed by atoms with Crippen LogP contribution in [0.2, 0.25) is 0 Å². The van der Waals surface area contributed by atoms with Crippen LogP contribution in [0.25, 0.3) is 0 Å². The Balaban J connectivity index is 2.06. The lowest BCUT2D eigenvalue weighted by Gasteiger charge is -2.17. The van der Waals surface area contributed by atoms with Crippen molar-refractivity contribution in [1.82, 2.24) is 0 Å². The van der Waals surface area contributed by atoms with Gasteiger partial charge in [-0.3, -0.25) is 0 Å². The first kappa shape index (κ1) is 16.1. The lowest BCUT2D eigenvalue weighted by Crippen LogP contribution is -2.17. The van der Waals surface area contributed by atoms with Gasteiger partial charge in [-0.15, -0.1) is 0 Å². The molecule has 3 nitrogen and oxygen atoms in total. The third-order valence-electron chi connectivity index (χ3n) is 3.47. The number of hydrogen-bond donors (Lipinski definition) is 2. The van der Waals surface area contributed by atoms with E-state index in [4.69, 9.17) is 5.73 Å². The van der Waals surface area contributed by atoms with Crippen LogP contribution in [0.15, 0.2) is 12.1 Å². The average molecular weight is 320 g/mol. The first-order valence-electron chi connectivity index (χ1n) is 6.91. The van der Waals surface area contributed by atoms with Crippen LogP contribution in [-0.4, -0.2) is 23.7 Å². The summed E-state index contributed by atoms with van der Waals surface area (Å²) in [6.45, 7) is -0.940. The Morgan fingerprint density at radius 1 is 1.43 bits per heavy atom. The lowest BCUT2D eigenvalue weighted by atomic mass is 10.2. The predicted octanol–water partition coefficient (Wildman–Crippen LogP) is 4.10. The van der Waals surface area contributed by atoms with Crippen molar-refractivity contribution < 1.29 is 17.9 Å². The number of hydrogen-bond acceptors (Lipinski definition) is 4. The van der Waals surface area contributed by atoms with Gasteiger partial charge >= 0.3 is 6.61 Å². The molecule has 7 heteroatoms. The molecule has 0 heterocycles. The molecule has 2 atom stereocenters. The van der Waals surface area contributed by atoms with Crippen LogP contribution in [0.3, 0.4) is 0 Å². The van der Waals surface area contributed by atoms with Gasteiger partial charge in [0.25, 0.3) is 0 Å². The van der Waals surface area contributed by atoms with Gasteiger partial charge in [0.2, 0.25) is 0 Å². The molecular formula is C14H19F3N2OS. The summed E-state index contributed by atoms with van der Waals surface area (Å²) in [6.07, 6.45) is 3.08. The third kappa shape index (κ3) is 4.36. The molecule has 1 aromatic carbocycles. The number of anilines is 2. The fourth-order valence-corrected chi connectivity index (χ4v) is 3.70. The minimum Gasteiger partial charge on any atom is -0.432 e. The summed E-state index contributed by atoms with van der Waals surface area (Å²) in [6, 6.07) is 2.44. The van der Waals surface area contributed by atoms with E-state index in [1.807, 2.05) is 11.8 Å². The third-order valence-corrected chi connectivity index (χ3v) is 4.70. The molecule has 1 saturated carbocycles. The normalized spacial score (nSPS) is 21.8. The summed E-state index contributed by atoms with van der Waals surface area (Å²) in [5, 5.41) is 3.81. The molecule has 2 rings (SSSR count). The van der Waals surface area contributed by atoms with Crippen molar-refractivity contribution in [3.05, 3.63) is 17.9 Å². The van der Waals surface area contributed by atoms with E-state index in [1.54, 1.807) is 0 Å². The molecule has 1 aromatic rings. The smallest absolute Gasteiger partial charge is 0.387 e. The number of alkyl halides is 2. The topological polar surface area (TPSA) is 47.3 Å². The first-order valence-corrected chi connectivity index (χ1v) is 7.96. The Morgan fingerprint density at radius 3 is 2.86 bits per heavy atom. The molecule has 2 unspecified atom stereocenters. The predicted molar refractivity (Wildman–Crippen MR) is 80.6 cm³/mol. The van der Waals surface area contributed by atoms with E-state index in [1.165, 1.54) is 6.07 Å². The highest BCUT2D eigenvalue weighted by Gasteiger charge is 2.25. The van der Waals surface area contributed by atoms with Crippen LogP contribution < -0.4 is 15.8 Å². The van der Waals surface area contributed by atoms with E-state index < -0.39 is 18.2 Å². The molecule has 0 saturated heterocycles. The average Bonchev–Trinajstić information content (AvgIpc) is 2.82. The van der Waals surface area contributed by atoms with Crippen molar-refractivity contribution in [3.8, 4) is 5.75 Å². The summed E-state index contributed by atoms with van der Waals surface area (Å²) < 4.78 is 42.1. The molecule has 118 valence electrons. The molecule has 1 aliphatic rings. The van der Waals surface area contributed by atoms with Gasteiger partial charge in [0.05, 0.1) is 11.4 Å². The highest BCUT2D eigenvalue weighted by molar-refractivity contribution is 7.99. The summed E-state index contributed by atoms with van der Waals surface area (Å²) in [4.78, 5) is 0. The maximum atomic E-state index is 13.5. The first-order chi connectivity index (χ1) is 9.99. The number of halogens is 3. The number of benzene rings is 1.